The zero-order chi connectivity index (χ0) is 22.1. The Morgan fingerprint density at radius 2 is 1.69 bits per heavy atom. The predicted octanol–water partition coefficient (Wildman–Crippen LogP) is 4.32. The Bertz CT molecular complexity index is 1130. The summed E-state index contributed by atoms with van der Waals surface area (Å²) < 4.78 is 5.29. The van der Waals surface area contributed by atoms with E-state index in [0.717, 1.165) is 22.4 Å². The molecular formula is C27H26N2O3. The molecule has 2 amide bonds. The summed E-state index contributed by atoms with van der Waals surface area (Å²) in [6.07, 6.45) is 0.967. The molecule has 1 N–H and O–H groups in total. The third-order valence-corrected chi connectivity index (χ3v) is 6.50. The van der Waals surface area contributed by atoms with E-state index in [1.807, 2.05) is 48.5 Å². The molecule has 0 radical (unpaired) electrons. The Labute approximate surface area is 188 Å². The minimum Gasteiger partial charge on any atom is -0.497 e. The molecule has 2 aliphatic rings. The van der Waals surface area contributed by atoms with E-state index in [1.54, 1.807) is 12.0 Å². The maximum atomic E-state index is 13.3. The quantitative estimate of drug-likeness (QED) is 0.661. The number of rotatable bonds is 5. The van der Waals surface area contributed by atoms with Crippen LogP contribution < -0.4 is 10.1 Å². The average molecular weight is 427 g/mol. The van der Waals surface area contributed by atoms with Crippen LogP contribution in [0, 0.1) is 5.92 Å². The lowest BCUT2D eigenvalue weighted by molar-refractivity contribution is -0.139. The van der Waals surface area contributed by atoms with Crippen LogP contribution in [0.3, 0.4) is 0 Å². The van der Waals surface area contributed by atoms with Gasteiger partial charge in [-0.25, -0.2) is 0 Å². The fourth-order valence-electron chi connectivity index (χ4n) is 4.84. The van der Waals surface area contributed by atoms with Gasteiger partial charge in [-0.15, -0.1) is 0 Å². The molecule has 1 saturated heterocycles. The molecule has 0 spiro atoms. The van der Waals surface area contributed by atoms with Crippen molar-refractivity contribution in [2.24, 2.45) is 5.92 Å². The summed E-state index contributed by atoms with van der Waals surface area (Å²) in [6, 6.07) is 24.0. The average Bonchev–Trinajstić information content (AvgIpc) is 3.14. The van der Waals surface area contributed by atoms with Crippen molar-refractivity contribution >= 4 is 11.8 Å². The molecule has 1 heterocycles. The van der Waals surface area contributed by atoms with Gasteiger partial charge in [-0.05, 0) is 46.4 Å². The second-order valence-corrected chi connectivity index (χ2v) is 8.48. The Morgan fingerprint density at radius 1 is 1.00 bits per heavy atom. The largest absolute Gasteiger partial charge is 0.497 e. The number of piperidine rings is 1. The molecule has 1 aliphatic heterocycles. The van der Waals surface area contributed by atoms with Crippen molar-refractivity contribution in [3.63, 3.8) is 0 Å². The van der Waals surface area contributed by atoms with E-state index < -0.39 is 0 Å². The maximum Gasteiger partial charge on any atom is 0.225 e. The second kappa shape index (κ2) is 8.50. The van der Waals surface area contributed by atoms with Gasteiger partial charge in [0.2, 0.25) is 11.8 Å². The molecule has 162 valence electrons. The van der Waals surface area contributed by atoms with Gasteiger partial charge in [-0.3, -0.25) is 9.59 Å². The summed E-state index contributed by atoms with van der Waals surface area (Å²) in [7, 11) is 1.63. The minimum absolute atomic E-state index is 0.00430. The Balaban J connectivity index is 1.32. The molecule has 0 saturated carbocycles. The monoisotopic (exact) mass is 426 g/mol. The van der Waals surface area contributed by atoms with Crippen molar-refractivity contribution in [2.45, 2.75) is 25.4 Å². The van der Waals surface area contributed by atoms with Crippen LogP contribution >= 0.6 is 0 Å². The topological polar surface area (TPSA) is 58.6 Å². The van der Waals surface area contributed by atoms with Crippen molar-refractivity contribution in [2.75, 3.05) is 13.7 Å². The summed E-state index contributed by atoms with van der Waals surface area (Å²) in [5, 5.41) is 3.28. The number of likely N-dealkylation sites (tertiary alicyclic amines) is 1. The molecule has 1 aliphatic carbocycles. The van der Waals surface area contributed by atoms with Gasteiger partial charge in [-0.1, -0.05) is 60.7 Å². The normalized spacial score (nSPS) is 17.6. The van der Waals surface area contributed by atoms with Crippen LogP contribution in [0.25, 0.3) is 11.1 Å². The first-order valence-electron chi connectivity index (χ1n) is 11.0. The smallest absolute Gasteiger partial charge is 0.225 e. The Kier molecular flexibility index (Phi) is 5.39. The molecule has 5 rings (SSSR count). The van der Waals surface area contributed by atoms with E-state index in [2.05, 4.69) is 29.6 Å². The first kappa shape index (κ1) is 20.3. The fourth-order valence-corrected chi connectivity index (χ4v) is 4.84. The van der Waals surface area contributed by atoms with E-state index in [4.69, 9.17) is 4.74 Å². The molecule has 3 aromatic rings. The van der Waals surface area contributed by atoms with Gasteiger partial charge >= 0.3 is 0 Å². The molecule has 3 aromatic carbocycles. The number of ether oxygens (including phenoxy) is 1. The molecular weight excluding hydrogens is 400 g/mol. The van der Waals surface area contributed by atoms with Crippen LogP contribution in [0.1, 0.15) is 35.6 Å². The molecule has 1 fully saturated rings. The van der Waals surface area contributed by atoms with E-state index >= 15 is 0 Å². The van der Waals surface area contributed by atoms with Gasteiger partial charge in [-0.2, -0.15) is 0 Å². The highest BCUT2D eigenvalue weighted by Gasteiger charge is 2.34. The third kappa shape index (κ3) is 3.75. The van der Waals surface area contributed by atoms with Gasteiger partial charge in [0.15, 0.2) is 0 Å². The van der Waals surface area contributed by atoms with Gasteiger partial charge in [0, 0.05) is 19.5 Å². The molecule has 5 nitrogen and oxygen atoms in total. The van der Waals surface area contributed by atoms with E-state index in [1.165, 1.54) is 11.1 Å². The number of nitrogens with zero attached hydrogens (tertiary/aromatic N) is 1. The van der Waals surface area contributed by atoms with Crippen LogP contribution in [0.15, 0.2) is 72.8 Å². The Morgan fingerprint density at radius 3 is 2.38 bits per heavy atom. The molecule has 5 heteroatoms. The number of hydrogen-bond donors (Lipinski definition) is 1. The summed E-state index contributed by atoms with van der Waals surface area (Å²) >= 11 is 0. The number of benzene rings is 3. The second-order valence-electron chi connectivity index (χ2n) is 8.48. The van der Waals surface area contributed by atoms with Crippen molar-refractivity contribution in [3.05, 3.63) is 89.5 Å². The van der Waals surface area contributed by atoms with Crippen LogP contribution in [0.4, 0.5) is 0 Å². The molecule has 0 unspecified atom stereocenters. The third-order valence-electron chi connectivity index (χ3n) is 6.50. The number of nitrogens with one attached hydrogen (secondary N) is 1. The van der Waals surface area contributed by atoms with Gasteiger partial charge < -0.3 is 15.0 Å². The number of carbonyl (C=O) groups excluding carboxylic acids is 2. The standard InChI is InChI=1S/C27H26N2O3/c1-32-20-8-6-7-18(15-20)16-29-17-19(13-14-25(29)30)27(31)28-26-23-11-4-2-9-21(23)22-10-3-5-12-24(22)26/h2-12,15,19,26H,13-14,16-17H2,1H3,(H,28,31)/t19-/m1/s1. The highest BCUT2D eigenvalue weighted by atomic mass is 16.5. The SMILES string of the molecule is COc1cccc(CN2C[C@H](C(=O)NC3c4ccccc4-c4ccccc43)CCC2=O)c1. The number of methoxy groups -OCH3 is 1. The van der Waals surface area contributed by atoms with Gasteiger partial charge in [0.1, 0.15) is 5.75 Å². The lowest BCUT2D eigenvalue weighted by Crippen LogP contribution is -2.46. The zero-order valence-electron chi connectivity index (χ0n) is 18.1. The van der Waals surface area contributed by atoms with Crippen molar-refractivity contribution in [3.8, 4) is 16.9 Å². The predicted molar refractivity (Wildman–Crippen MR) is 123 cm³/mol. The van der Waals surface area contributed by atoms with Crippen LogP contribution in [-0.2, 0) is 16.1 Å². The van der Waals surface area contributed by atoms with Crippen LogP contribution in [0.5, 0.6) is 5.75 Å². The molecule has 0 bridgehead atoms. The van der Waals surface area contributed by atoms with Crippen molar-refractivity contribution in [1.82, 2.24) is 10.2 Å². The van der Waals surface area contributed by atoms with E-state index in [9.17, 15) is 9.59 Å². The number of amides is 2. The summed E-state index contributed by atoms with van der Waals surface area (Å²) in [5.41, 5.74) is 5.60. The highest BCUT2D eigenvalue weighted by molar-refractivity contribution is 5.86. The lowest BCUT2D eigenvalue weighted by Gasteiger charge is -2.33. The van der Waals surface area contributed by atoms with E-state index in [-0.39, 0.29) is 23.8 Å². The fraction of sp³-hybridized carbons (Fsp3) is 0.259. The van der Waals surface area contributed by atoms with Gasteiger partial charge in [0.05, 0.1) is 19.1 Å². The minimum atomic E-state index is -0.224. The number of hydrogen-bond acceptors (Lipinski definition) is 3. The first-order valence-corrected chi connectivity index (χ1v) is 11.0. The molecule has 1 atom stereocenters. The number of carbonyl (C=O) groups is 2. The van der Waals surface area contributed by atoms with Crippen molar-refractivity contribution < 1.29 is 14.3 Å². The van der Waals surface area contributed by atoms with E-state index in [0.29, 0.717) is 25.9 Å². The van der Waals surface area contributed by atoms with Crippen molar-refractivity contribution in [1.29, 1.82) is 0 Å². The summed E-state index contributed by atoms with van der Waals surface area (Å²) in [6.45, 7) is 0.910. The Hall–Kier alpha value is -3.60. The first-order chi connectivity index (χ1) is 15.6. The van der Waals surface area contributed by atoms with Crippen LogP contribution in [-0.4, -0.2) is 30.4 Å². The maximum absolute atomic E-state index is 13.3. The summed E-state index contributed by atoms with van der Waals surface area (Å²) in [4.78, 5) is 27.7. The van der Waals surface area contributed by atoms with Gasteiger partial charge in [0.25, 0.3) is 0 Å². The number of fused-ring (bicyclic) bond motifs is 3. The lowest BCUT2D eigenvalue weighted by atomic mass is 9.95. The summed E-state index contributed by atoms with van der Waals surface area (Å²) in [5.74, 6) is 0.635. The molecule has 0 aromatic heterocycles. The zero-order valence-corrected chi connectivity index (χ0v) is 18.1. The highest BCUT2D eigenvalue weighted by Crippen LogP contribution is 2.43. The molecule has 32 heavy (non-hydrogen) atoms. The van der Waals surface area contributed by atoms with Crippen LogP contribution in [0.2, 0.25) is 0 Å².